The molecule has 0 heterocycles. The third kappa shape index (κ3) is 3.76. The summed E-state index contributed by atoms with van der Waals surface area (Å²) in [6.45, 7) is 1.58. The maximum absolute atomic E-state index is 5.42. The van der Waals surface area contributed by atoms with Crippen LogP contribution in [0.4, 0.5) is 0 Å². The van der Waals surface area contributed by atoms with Gasteiger partial charge in [-0.05, 0) is 17.8 Å². The predicted molar refractivity (Wildman–Crippen MR) is 57.2 cm³/mol. The molecule has 0 spiro atoms. The molecule has 0 bridgehead atoms. The van der Waals surface area contributed by atoms with Gasteiger partial charge in [-0.25, -0.2) is 0 Å². The van der Waals surface area contributed by atoms with Gasteiger partial charge in [0.05, 0.1) is 0 Å². The third-order valence-electron chi connectivity index (χ3n) is 1.80. The summed E-state index contributed by atoms with van der Waals surface area (Å²) in [6.07, 6.45) is 4.12. The van der Waals surface area contributed by atoms with E-state index in [0.29, 0.717) is 6.54 Å². The van der Waals surface area contributed by atoms with E-state index in [2.05, 4.69) is 23.1 Å². The zero-order chi connectivity index (χ0) is 9.52. The van der Waals surface area contributed by atoms with Crippen molar-refractivity contribution < 1.29 is 0 Å². The highest BCUT2D eigenvalue weighted by molar-refractivity contribution is 5.48. The largest absolute Gasteiger partial charge is 0.379 e. The van der Waals surface area contributed by atoms with Crippen LogP contribution in [0.2, 0.25) is 0 Å². The Morgan fingerprint density at radius 3 is 2.62 bits per heavy atom. The molecule has 13 heavy (non-hydrogen) atoms. The molecule has 0 amide bonds. The van der Waals surface area contributed by atoms with Gasteiger partial charge in [-0.2, -0.15) is 0 Å². The maximum atomic E-state index is 5.42. The first-order valence-corrected chi connectivity index (χ1v) is 4.46. The molecule has 70 valence electrons. The first kappa shape index (κ1) is 9.81. The molecule has 0 saturated carbocycles. The smallest absolute Gasteiger partial charge is 0.0292 e. The van der Waals surface area contributed by atoms with Gasteiger partial charge < -0.3 is 10.6 Å². The molecule has 0 atom stereocenters. The van der Waals surface area contributed by atoms with Crippen LogP contribution in [0.25, 0.3) is 6.08 Å². The number of likely N-dealkylation sites (N-methyl/N-ethyl adjacent to an activating group) is 1. The van der Waals surface area contributed by atoms with Crippen LogP contribution in [0.15, 0.2) is 36.5 Å². The van der Waals surface area contributed by atoms with Crippen LogP contribution < -0.4 is 5.73 Å². The van der Waals surface area contributed by atoms with Gasteiger partial charge in [0.15, 0.2) is 0 Å². The minimum atomic E-state index is 0.690. The van der Waals surface area contributed by atoms with Gasteiger partial charge in [0.25, 0.3) is 0 Å². The predicted octanol–water partition coefficient (Wildman–Crippen LogP) is 1.55. The minimum absolute atomic E-state index is 0.690. The zero-order valence-corrected chi connectivity index (χ0v) is 7.98. The van der Waals surface area contributed by atoms with Gasteiger partial charge >= 0.3 is 0 Å². The van der Waals surface area contributed by atoms with Crippen molar-refractivity contribution in [1.82, 2.24) is 4.90 Å². The monoisotopic (exact) mass is 176 g/mol. The lowest BCUT2D eigenvalue weighted by Gasteiger charge is -2.11. The summed E-state index contributed by atoms with van der Waals surface area (Å²) in [5.74, 6) is 0. The Morgan fingerprint density at radius 1 is 1.31 bits per heavy atom. The Hall–Kier alpha value is -1.28. The Morgan fingerprint density at radius 2 is 2.00 bits per heavy atom. The molecule has 0 radical (unpaired) electrons. The summed E-state index contributed by atoms with van der Waals surface area (Å²) in [7, 11) is 2.02. The van der Waals surface area contributed by atoms with E-state index < -0.39 is 0 Å². The standard InChI is InChI=1S/C11H16N2/c1-13(10-8-12)9-7-11-5-3-2-4-6-11/h2-7,9H,8,10,12H2,1H3/b9-7+. The van der Waals surface area contributed by atoms with Crippen LogP contribution >= 0.6 is 0 Å². The average molecular weight is 176 g/mol. The maximum Gasteiger partial charge on any atom is 0.0292 e. The zero-order valence-electron chi connectivity index (χ0n) is 7.98. The summed E-state index contributed by atoms with van der Waals surface area (Å²) >= 11 is 0. The van der Waals surface area contributed by atoms with E-state index in [0.717, 1.165) is 6.54 Å². The van der Waals surface area contributed by atoms with E-state index in [1.165, 1.54) is 5.56 Å². The molecule has 2 nitrogen and oxygen atoms in total. The van der Waals surface area contributed by atoms with Crippen LogP contribution in [0, 0.1) is 0 Å². The van der Waals surface area contributed by atoms with Crippen molar-refractivity contribution in [2.24, 2.45) is 5.73 Å². The van der Waals surface area contributed by atoms with Gasteiger partial charge in [0.1, 0.15) is 0 Å². The first-order chi connectivity index (χ1) is 6.33. The fourth-order valence-corrected chi connectivity index (χ4v) is 1.06. The topological polar surface area (TPSA) is 29.3 Å². The van der Waals surface area contributed by atoms with Crippen LogP contribution in [0.1, 0.15) is 5.56 Å². The lowest BCUT2D eigenvalue weighted by Crippen LogP contribution is -2.19. The van der Waals surface area contributed by atoms with Crippen molar-refractivity contribution in [3.05, 3.63) is 42.1 Å². The average Bonchev–Trinajstić information content (AvgIpc) is 2.17. The van der Waals surface area contributed by atoms with Crippen molar-refractivity contribution in [3.8, 4) is 0 Å². The van der Waals surface area contributed by atoms with Crippen molar-refractivity contribution in [2.75, 3.05) is 20.1 Å². The number of rotatable bonds is 4. The fourth-order valence-electron chi connectivity index (χ4n) is 1.06. The number of benzene rings is 1. The Kier molecular flexibility index (Phi) is 4.06. The molecule has 0 saturated heterocycles. The quantitative estimate of drug-likeness (QED) is 0.754. The molecular weight excluding hydrogens is 160 g/mol. The summed E-state index contributed by atoms with van der Waals surface area (Å²) in [5.41, 5.74) is 6.64. The van der Waals surface area contributed by atoms with Crippen LogP contribution in [0.5, 0.6) is 0 Å². The number of nitrogens with zero attached hydrogens (tertiary/aromatic N) is 1. The second-order valence-electron chi connectivity index (χ2n) is 3.00. The lowest BCUT2D eigenvalue weighted by molar-refractivity contribution is 0.470. The van der Waals surface area contributed by atoms with Gasteiger partial charge in [-0.1, -0.05) is 30.3 Å². The summed E-state index contributed by atoms with van der Waals surface area (Å²) < 4.78 is 0. The Labute approximate surface area is 79.7 Å². The highest BCUT2D eigenvalue weighted by Crippen LogP contribution is 2.01. The lowest BCUT2D eigenvalue weighted by atomic mass is 10.2. The Bertz CT molecular complexity index is 254. The van der Waals surface area contributed by atoms with E-state index >= 15 is 0 Å². The molecule has 0 aliphatic carbocycles. The fraction of sp³-hybridized carbons (Fsp3) is 0.273. The summed E-state index contributed by atoms with van der Waals surface area (Å²) in [5, 5.41) is 0. The second kappa shape index (κ2) is 5.38. The highest BCUT2D eigenvalue weighted by atomic mass is 15.1. The molecule has 1 aromatic rings. The SMILES string of the molecule is CN(/C=C/c1ccccc1)CCN. The van der Waals surface area contributed by atoms with Crippen LogP contribution in [-0.4, -0.2) is 25.0 Å². The van der Waals surface area contributed by atoms with E-state index in [4.69, 9.17) is 5.73 Å². The number of hydrogen-bond acceptors (Lipinski definition) is 2. The van der Waals surface area contributed by atoms with Crippen molar-refractivity contribution in [1.29, 1.82) is 0 Å². The molecule has 0 unspecified atom stereocenters. The molecule has 0 aliphatic rings. The normalized spacial score (nSPS) is 10.6. The van der Waals surface area contributed by atoms with E-state index in [1.54, 1.807) is 0 Å². The van der Waals surface area contributed by atoms with Crippen LogP contribution in [0.3, 0.4) is 0 Å². The van der Waals surface area contributed by atoms with Crippen LogP contribution in [-0.2, 0) is 0 Å². The van der Waals surface area contributed by atoms with Gasteiger partial charge in [-0.15, -0.1) is 0 Å². The summed E-state index contributed by atoms with van der Waals surface area (Å²) in [4.78, 5) is 2.08. The van der Waals surface area contributed by atoms with Crippen molar-refractivity contribution >= 4 is 6.08 Å². The van der Waals surface area contributed by atoms with Gasteiger partial charge in [0.2, 0.25) is 0 Å². The highest BCUT2D eigenvalue weighted by Gasteiger charge is 1.87. The van der Waals surface area contributed by atoms with Crippen molar-refractivity contribution in [3.63, 3.8) is 0 Å². The van der Waals surface area contributed by atoms with E-state index in [-0.39, 0.29) is 0 Å². The minimum Gasteiger partial charge on any atom is -0.379 e. The molecule has 1 rings (SSSR count). The number of nitrogens with two attached hydrogens (primary N) is 1. The van der Waals surface area contributed by atoms with E-state index in [9.17, 15) is 0 Å². The van der Waals surface area contributed by atoms with Gasteiger partial charge in [-0.3, -0.25) is 0 Å². The second-order valence-corrected chi connectivity index (χ2v) is 3.00. The first-order valence-electron chi connectivity index (χ1n) is 4.46. The Balaban J connectivity index is 2.49. The molecular formula is C11H16N2. The van der Waals surface area contributed by atoms with Crippen molar-refractivity contribution in [2.45, 2.75) is 0 Å². The molecule has 2 heteroatoms. The molecule has 1 aromatic carbocycles. The molecule has 0 aliphatic heterocycles. The van der Waals surface area contributed by atoms with E-state index in [1.807, 2.05) is 31.4 Å². The van der Waals surface area contributed by atoms with Gasteiger partial charge in [0, 0.05) is 20.1 Å². The summed E-state index contributed by atoms with van der Waals surface area (Å²) in [6, 6.07) is 10.2. The molecule has 2 N–H and O–H groups in total. The number of hydrogen-bond donors (Lipinski definition) is 1. The molecule has 0 fully saturated rings. The third-order valence-corrected chi connectivity index (χ3v) is 1.80. The molecule has 0 aromatic heterocycles.